The molecule has 24 heavy (non-hydrogen) atoms. The van der Waals surface area contributed by atoms with Crippen LogP contribution in [0.4, 0.5) is 0 Å². The maximum absolute atomic E-state index is 12.9. The van der Waals surface area contributed by atoms with Crippen molar-refractivity contribution in [2.75, 3.05) is 0 Å². The van der Waals surface area contributed by atoms with Crippen molar-refractivity contribution in [3.63, 3.8) is 0 Å². The van der Waals surface area contributed by atoms with Crippen molar-refractivity contribution in [2.45, 2.75) is 40.5 Å². The summed E-state index contributed by atoms with van der Waals surface area (Å²) in [5, 5.41) is 9.33. The topological polar surface area (TPSA) is 62.9 Å². The van der Waals surface area contributed by atoms with Gasteiger partial charge in [0.05, 0.1) is 5.69 Å². The molecule has 0 atom stereocenters. The van der Waals surface area contributed by atoms with Gasteiger partial charge in [0.2, 0.25) is 0 Å². The van der Waals surface area contributed by atoms with Crippen molar-refractivity contribution in [2.24, 2.45) is 5.41 Å². The molecule has 0 saturated carbocycles. The molecule has 0 bridgehead atoms. The molecule has 1 aromatic heterocycles. The molecule has 1 aromatic carbocycles. The smallest absolute Gasteiger partial charge is 0.273 e. The van der Waals surface area contributed by atoms with Crippen LogP contribution in [0.15, 0.2) is 29.1 Å². The zero-order chi connectivity index (χ0) is 17.6. The Morgan fingerprint density at radius 1 is 1.17 bits per heavy atom. The van der Waals surface area contributed by atoms with E-state index in [2.05, 4.69) is 0 Å². The Morgan fingerprint density at radius 2 is 1.88 bits per heavy atom. The Hall–Kier alpha value is -2.67. The third-order valence-electron chi connectivity index (χ3n) is 4.83. The lowest BCUT2D eigenvalue weighted by molar-refractivity contribution is 0.0908. The van der Waals surface area contributed by atoms with Crippen molar-refractivity contribution < 1.29 is 4.79 Å². The van der Waals surface area contributed by atoms with Gasteiger partial charge in [-0.1, -0.05) is 26.0 Å². The summed E-state index contributed by atoms with van der Waals surface area (Å²) in [4.78, 5) is 25.5. The van der Waals surface area contributed by atoms with Crippen LogP contribution in [-0.4, -0.2) is 10.4 Å². The number of Topliss-reactive ketones (excluding diaryl/α,β-unsaturated/α-hetero) is 1. The molecule has 2 aromatic rings. The van der Waals surface area contributed by atoms with E-state index >= 15 is 0 Å². The Kier molecular flexibility index (Phi) is 3.68. The Balaban J connectivity index is 2.44. The predicted molar refractivity (Wildman–Crippen MR) is 92.7 cm³/mol. The number of hydrogen-bond acceptors (Lipinski definition) is 3. The van der Waals surface area contributed by atoms with Crippen LogP contribution in [0.25, 0.3) is 5.69 Å². The summed E-state index contributed by atoms with van der Waals surface area (Å²) in [7, 11) is 0. The Bertz CT molecular complexity index is 959. The van der Waals surface area contributed by atoms with Crippen LogP contribution in [0.3, 0.4) is 0 Å². The summed E-state index contributed by atoms with van der Waals surface area (Å²) in [6, 6.07) is 9.17. The van der Waals surface area contributed by atoms with Crippen LogP contribution in [0.5, 0.6) is 0 Å². The van der Waals surface area contributed by atoms with Crippen LogP contribution < -0.4 is 5.56 Å². The van der Waals surface area contributed by atoms with Crippen molar-refractivity contribution >= 4 is 5.78 Å². The number of carbonyl (C=O) groups excluding carboxylic acids is 1. The van der Waals surface area contributed by atoms with E-state index in [1.54, 1.807) is 4.57 Å². The van der Waals surface area contributed by atoms with Crippen LogP contribution >= 0.6 is 0 Å². The normalized spacial score (nSPS) is 15.7. The molecule has 0 fully saturated rings. The molecule has 0 spiro atoms. The van der Waals surface area contributed by atoms with Gasteiger partial charge in [-0.2, -0.15) is 5.26 Å². The number of carbonyl (C=O) groups is 1. The zero-order valence-electron chi connectivity index (χ0n) is 14.4. The molecule has 0 saturated heterocycles. The fraction of sp³-hybridized carbons (Fsp3) is 0.350. The first-order valence-corrected chi connectivity index (χ1v) is 8.04. The third kappa shape index (κ3) is 2.46. The number of pyridine rings is 1. The summed E-state index contributed by atoms with van der Waals surface area (Å²) < 4.78 is 1.58. The fourth-order valence-electron chi connectivity index (χ4n) is 3.43. The number of rotatable bonds is 1. The van der Waals surface area contributed by atoms with Crippen LogP contribution in [0.2, 0.25) is 0 Å². The molecule has 4 heteroatoms. The molecule has 1 aliphatic rings. The van der Waals surface area contributed by atoms with Crippen molar-refractivity contribution in [1.82, 2.24) is 4.57 Å². The molecule has 0 aliphatic heterocycles. The van der Waals surface area contributed by atoms with Gasteiger partial charge in [-0.15, -0.1) is 0 Å². The van der Waals surface area contributed by atoms with E-state index in [-0.39, 0.29) is 22.3 Å². The lowest BCUT2D eigenvalue weighted by atomic mass is 9.75. The summed E-state index contributed by atoms with van der Waals surface area (Å²) >= 11 is 0. The lowest BCUT2D eigenvalue weighted by Gasteiger charge is -2.32. The molecule has 0 radical (unpaired) electrons. The first kappa shape index (κ1) is 16.2. The summed E-state index contributed by atoms with van der Waals surface area (Å²) in [6.45, 7) is 8.01. The number of hydrogen-bond donors (Lipinski definition) is 0. The van der Waals surface area contributed by atoms with Gasteiger partial charge in [0.1, 0.15) is 11.6 Å². The first-order valence-electron chi connectivity index (χ1n) is 8.04. The van der Waals surface area contributed by atoms with E-state index in [9.17, 15) is 14.9 Å². The minimum Gasteiger partial charge on any atom is -0.294 e. The fourth-order valence-corrected chi connectivity index (χ4v) is 3.43. The monoisotopic (exact) mass is 320 g/mol. The molecule has 0 N–H and O–H groups in total. The number of aromatic nitrogens is 1. The van der Waals surface area contributed by atoms with Crippen molar-refractivity contribution in [1.29, 1.82) is 5.26 Å². The lowest BCUT2D eigenvalue weighted by Crippen LogP contribution is -2.35. The maximum atomic E-state index is 12.9. The average molecular weight is 320 g/mol. The van der Waals surface area contributed by atoms with Crippen LogP contribution in [0.1, 0.15) is 53.0 Å². The minimum atomic E-state index is -0.351. The minimum absolute atomic E-state index is 0.00296. The molecule has 0 amide bonds. The van der Waals surface area contributed by atoms with E-state index in [1.165, 1.54) is 6.07 Å². The molecular weight excluding hydrogens is 300 g/mol. The number of benzene rings is 1. The molecule has 0 unspecified atom stereocenters. The molecule has 122 valence electrons. The van der Waals surface area contributed by atoms with Gasteiger partial charge in [0.15, 0.2) is 5.78 Å². The first-order chi connectivity index (χ1) is 11.2. The van der Waals surface area contributed by atoms with Gasteiger partial charge in [-0.3, -0.25) is 14.2 Å². The molecule has 1 aliphatic carbocycles. The summed E-state index contributed by atoms with van der Waals surface area (Å²) in [6.07, 6.45) is 1.05. The molecule has 3 rings (SSSR count). The van der Waals surface area contributed by atoms with Gasteiger partial charge >= 0.3 is 0 Å². The standard InChI is InChI=1S/C20H20N2O2/c1-12-6-5-7-16(13(12)2)22-17-9-20(3,4)10-18(23)15(17)8-14(11-21)19(22)24/h5-8H,9-10H2,1-4H3. The van der Waals surface area contributed by atoms with Crippen molar-refractivity contribution in [3.8, 4) is 11.8 Å². The largest absolute Gasteiger partial charge is 0.294 e. The third-order valence-corrected chi connectivity index (χ3v) is 4.83. The van der Waals surface area contributed by atoms with Gasteiger partial charge in [-0.05, 0) is 48.9 Å². The highest BCUT2D eigenvalue weighted by Gasteiger charge is 2.34. The summed E-state index contributed by atoms with van der Waals surface area (Å²) in [5.41, 5.74) is 3.48. The van der Waals surface area contributed by atoms with Crippen LogP contribution in [-0.2, 0) is 6.42 Å². The highest BCUT2D eigenvalue weighted by molar-refractivity contribution is 5.99. The van der Waals surface area contributed by atoms with Gasteiger partial charge in [0.25, 0.3) is 5.56 Å². The number of nitriles is 1. The van der Waals surface area contributed by atoms with E-state index < -0.39 is 0 Å². The molecular formula is C20H20N2O2. The van der Waals surface area contributed by atoms with Gasteiger partial charge in [0, 0.05) is 17.7 Å². The van der Waals surface area contributed by atoms with E-state index in [1.807, 2.05) is 52.0 Å². The molecule has 4 nitrogen and oxygen atoms in total. The van der Waals surface area contributed by atoms with Gasteiger partial charge < -0.3 is 0 Å². The highest BCUT2D eigenvalue weighted by Crippen LogP contribution is 2.35. The van der Waals surface area contributed by atoms with E-state index in [0.717, 1.165) is 16.8 Å². The van der Waals surface area contributed by atoms with E-state index in [4.69, 9.17) is 0 Å². The predicted octanol–water partition coefficient (Wildman–Crippen LogP) is 3.48. The maximum Gasteiger partial charge on any atom is 0.273 e. The number of nitrogens with zero attached hydrogens (tertiary/aromatic N) is 2. The molecule has 1 heterocycles. The summed E-state index contributed by atoms with van der Waals surface area (Å²) in [5.74, 6) is -0.00296. The second-order valence-corrected chi connectivity index (χ2v) is 7.33. The van der Waals surface area contributed by atoms with Gasteiger partial charge in [-0.25, -0.2) is 0 Å². The van der Waals surface area contributed by atoms with Crippen LogP contribution in [0, 0.1) is 30.6 Å². The average Bonchev–Trinajstić information content (AvgIpc) is 2.49. The SMILES string of the molecule is Cc1cccc(-n2c3c(cc(C#N)c2=O)C(=O)CC(C)(C)C3)c1C. The number of aryl methyl sites for hydroxylation is 1. The second-order valence-electron chi connectivity index (χ2n) is 7.33. The Labute approximate surface area is 141 Å². The second kappa shape index (κ2) is 5.45. The number of fused-ring (bicyclic) bond motifs is 1. The zero-order valence-corrected chi connectivity index (χ0v) is 14.4. The van der Waals surface area contributed by atoms with E-state index in [0.29, 0.717) is 24.1 Å². The van der Waals surface area contributed by atoms with Crippen molar-refractivity contribution in [3.05, 3.63) is 62.6 Å². The Morgan fingerprint density at radius 3 is 2.54 bits per heavy atom. The number of ketones is 1. The highest BCUT2D eigenvalue weighted by atomic mass is 16.1. The quantitative estimate of drug-likeness (QED) is 0.808.